The first-order valence-corrected chi connectivity index (χ1v) is 4.46. The lowest BCUT2D eigenvalue weighted by molar-refractivity contribution is 0.363. The fourth-order valence-electron chi connectivity index (χ4n) is 1.54. The molecular formula is C11H15BO. The SMILES string of the molecule is Bc1cc(C)cc(C)c1OCC=C. The number of benzene rings is 1. The summed E-state index contributed by atoms with van der Waals surface area (Å²) in [7, 11) is 2.07. The van der Waals surface area contributed by atoms with Gasteiger partial charge in [-0.15, -0.1) is 0 Å². The lowest BCUT2D eigenvalue weighted by Crippen LogP contribution is -2.11. The summed E-state index contributed by atoms with van der Waals surface area (Å²) in [5.74, 6) is 0.991. The van der Waals surface area contributed by atoms with Crippen LogP contribution in [-0.2, 0) is 0 Å². The van der Waals surface area contributed by atoms with E-state index >= 15 is 0 Å². The molecule has 0 aliphatic rings. The molecule has 1 aromatic rings. The van der Waals surface area contributed by atoms with Crippen LogP contribution in [0.3, 0.4) is 0 Å². The van der Waals surface area contributed by atoms with Crippen molar-refractivity contribution in [3.8, 4) is 5.75 Å². The molecule has 0 aromatic heterocycles. The average Bonchev–Trinajstić information content (AvgIpc) is 2.02. The third-order valence-corrected chi connectivity index (χ3v) is 1.95. The molecule has 0 radical (unpaired) electrons. The third kappa shape index (κ3) is 2.38. The first-order chi connectivity index (χ1) is 6.15. The zero-order valence-corrected chi connectivity index (χ0v) is 8.55. The minimum absolute atomic E-state index is 0.574. The molecule has 68 valence electrons. The Balaban J connectivity index is 2.98. The van der Waals surface area contributed by atoms with Crippen LogP contribution in [0.15, 0.2) is 24.8 Å². The Bertz CT molecular complexity index is 295. The summed E-state index contributed by atoms with van der Waals surface area (Å²) in [5, 5.41) is 0. The molecule has 0 N–H and O–H groups in total. The topological polar surface area (TPSA) is 9.23 Å². The van der Waals surface area contributed by atoms with Gasteiger partial charge >= 0.3 is 0 Å². The van der Waals surface area contributed by atoms with Gasteiger partial charge in [0.15, 0.2) is 0 Å². The zero-order valence-electron chi connectivity index (χ0n) is 8.55. The summed E-state index contributed by atoms with van der Waals surface area (Å²) in [6.07, 6.45) is 1.76. The maximum absolute atomic E-state index is 5.55. The normalized spacial score (nSPS) is 9.69. The van der Waals surface area contributed by atoms with Gasteiger partial charge in [0.25, 0.3) is 0 Å². The highest BCUT2D eigenvalue weighted by molar-refractivity contribution is 6.34. The maximum atomic E-state index is 5.55. The van der Waals surface area contributed by atoms with E-state index in [1.165, 1.54) is 16.6 Å². The van der Waals surface area contributed by atoms with Crippen molar-refractivity contribution < 1.29 is 4.74 Å². The molecule has 0 aliphatic heterocycles. The number of hydrogen-bond acceptors (Lipinski definition) is 1. The predicted octanol–water partition coefficient (Wildman–Crippen LogP) is 1.13. The molecule has 0 bridgehead atoms. The van der Waals surface area contributed by atoms with Crippen molar-refractivity contribution in [2.75, 3.05) is 6.61 Å². The molecule has 1 nitrogen and oxygen atoms in total. The van der Waals surface area contributed by atoms with E-state index in [9.17, 15) is 0 Å². The monoisotopic (exact) mass is 174 g/mol. The van der Waals surface area contributed by atoms with Crippen LogP contribution < -0.4 is 10.2 Å². The molecule has 0 amide bonds. The van der Waals surface area contributed by atoms with Crippen LogP contribution in [0.1, 0.15) is 11.1 Å². The Morgan fingerprint density at radius 2 is 2.15 bits per heavy atom. The van der Waals surface area contributed by atoms with E-state index < -0.39 is 0 Å². The van der Waals surface area contributed by atoms with Gasteiger partial charge in [-0.25, -0.2) is 0 Å². The van der Waals surface area contributed by atoms with E-state index in [1.807, 2.05) is 0 Å². The maximum Gasteiger partial charge on any atom is 0.144 e. The third-order valence-electron chi connectivity index (χ3n) is 1.95. The van der Waals surface area contributed by atoms with Crippen LogP contribution in [0.4, 0.5) is 0 Å². The highest BCUT2D eigenvalue weighted by Crippen LogP contribution is 2.15. The van der Waals surface area contributed by atoms with E-state index in [2.05, 4.69) is 40.4 Å². The van der Waals surface area contributed by atoms with Crippen LogP contribution in [0.2, 0.25) is 0 Å². The van der Waals surface area contributed by atoms with Crippen molar-refractivity contribution in [1.82, 2.24) is 0 Å². The molecule has 0 saturated carbocycles. The zero-order chi connectivity index (χ0) is 9.84. The van der Waals surface area contributed by atoms with Crippen LogP contribution in [0.25, 0.3) is 0 Å². The Morgan fingerprint density at radius 3 is 2.69 bits per heavy atom. The quantitative estimate of drug-likeness (QED) is 0.493. The Morgan fingerprint density at radius 1 is 1.46 bits per heavy atom. The van der Waals surface area contributed by atoms with E-state index in [1.54, 1.807) is 6.08 Å². The molecule has 0 spiro atoms. The van der Waals surface area contributed by atoms with E-state index in [0.717, 1.165) is 5.75 Å². The standard InChI is InChI=1S/C11H15BO/c1-4-5-13-11-9(3)6-8(2)7-10(11)12/h4,6-7H,1,5,12H2,2-3H3. The predicted molar refractivity (Wildman–Crippen MR) is 59.8 cm³/mol. The summed E-state index contributed by atoms with van der Waals surface area (Å²) < 4.78 is 5.55. The van der Waals surface area contributed by atoms with Gasteiger partial charge in [-0.05, 0) is 24.9 Å². The molecule has 0 fully saturated rings. The second-order valence-electron chi connectivity index (χ2n) is 3.33. The van der Waals surface area contributed by atoms with Crippen LogP contribution in [0, 0.1) is 13.8 Å². The van der Waals surface area contributed by atoms with Crippen molar-refractivity contribution in [3.05, 3.63) is 35.9 Å². The fourth-order valence-corrected chi connectivity index (χ4v) is 1.54. The second kappa shape index (κ2) is 4.17. The first kappa shape index (κ1) is 9.91. The minimum Gasteiger partial charge on any atom is -0.490 e. The van der Waals surface area contributed by atoms with Crippen LogP contribution in [0.5, 0.6) is 5.75 Å². The highest BCUT2D eigenvalue weighted by atomic mass is 16.5. The van der Waals surface area contributed by atoms with Gasteiger partial charge in [-0.2, -0.15) is 0 Å². The molecule has 13 heavy (non-hydrogen) atoms. The summed E-state index contributed by atoms with van der Waals surface area (Å²) >= 11 is 0. The molecule has 2 heteroatoms. The van der Waals surface area contributed by atoms with Crippen molar-refractivity contribution in [2.45, 2.75) is 13.8 Å². The molecule has 0 aliphatic carbocycles. The van der Waals surface area contributed by atoms with Gasteiger partial charge in [0.1, 0.15) is 20.2 Å². The lowest BCUT2D eigenvalue weighted by Gasteiger charge is -2.11. The number of ether oxygens (including phenoxy) is 1. The van der Waals surface area contributed by atoms with E-state index in [-0.39, 0.29) is 0 Å². The van der Waals surface area contributed by atoms with Gasteiger partial charge in [-0.3, -0.25) is 0 Å². The average molecular weight is 174 g/mol. The highest BCUT2D eigenvalue weighted by Gasteiger charge is 2.03. The van der Waals surface area contributed by atoms with Crippen molar-refractivity contribution in [3.63, 3.8) is 0 Å². The van der Waals surface area contributed by atoms with Gasteiger partial charge in [0.05, 0.1) is 0 Å². The fraction of sp³-hybridized carbons (Fsp3) is 0.273. The lowest BCUT2D eigenvalue weighted by atomic mass is 9.91. The second-order valence-corrected chi connectivity index (χ2v) is 3.33. The largest absolute Gasteiger partial charge is 0.490 e. The van der Waals surface area contributed by atoms with Crippen molar-refractivity contribution in [2.24, 2.45) is 0 Å². The Labute approximate surface area is 80.8 Å². The summed E-state index contributed by atoms with van der Waals surface area (Å²) in [6.45, 7) is 8.36. The Hall–Kier alpha value is -1.18. The van der Waals surface area contributed by atoms with Crippen LogP contribution in [-0.4, -0.2) is 14.5 Å². The van der Waals surface area contributed by atoms with E-state index in [0.29, 0.717) is 6.61 Å². The summed E-state index contributed by atoms with van der Waals surface area (Å²) in [6, 6.07) is 4.26. The smallest absolute Gasteiger partial charge is 0.144 e. The molecule has 0 unspecified atom stereocenters. The van der Waals surface area contributed by atoms with Crippen molar-refractivity contribution in [1.29, 1.82) is 0 Å². The molecule has 0 atom stereocenters. The van der Waals surface area contributed by atoms with Crippen LogP contribution >= 0.6 is 0 Å². The number of hydrogen-bond donors (Lipinski definition) is 0. The van der Waals surface area contributed by atoms with Gasteiger partial charge in [0.2, 0.25) is 0 Å². The minimum atomic E-state index is 0.574. The number of rotatable bonds is 3. The molecular weight excluding hydrogens is 159 g/mol. The summed E-state index contributed by atoms with van der Waals surface area (Å²) in [5.41, 5.74) is 3.67. The Kier molecular flexibility index (Phi) is 3.18. The first-order valence-electron chi connectivity index (χ1n) is 4.46. The van der Waals surface area contributed by atoms with E-state index in [4.69, 9.17) is 4.74 Å². The van der Waals surface area contributed by atoms with Gasteiger partial charge in [0, 0.05) is 0 Å². The molecule has 1 aromatic carbocycles. The van der Waals surface area contributed by atoms with Gasteiger partial charge in [-0.1, -0.05) is 30.4 Å². The van der Waals surface area contributed by atoms with Gasteiger partial charge < -0.3 is 4.74 Å². The molecule has 1 rings (SSSR count). The van der Waals surface area contributed by atoms with Crippen molar-refractivity contribution >= 4 is 13.3 Å². The number of aryl methyl sites for hydroxylation is 2. The molecule has 0 heterocycles. The summed E-state index contributed by atoms with van der Waals surface area (Å²) in [4.78, 5) is 0. The molecule has 0 saturated heterocycles.